The summed E-state index contributed by atoms with van der Waals surface area (Å²) in [4.78, 5) is 33.6. The van der Waals surface area contributed by atoms with Crippen LogP contribution < -0.4 is 14.2 Å². The van der Waals surface area contributed by atoms with Gasteiger partial charge in [0.25, 0.3) is 0 Å². The number of pyridine rings is 1. The molecule has 1 aromatic heterocycles. The Morgan fingerprint density at radius 1 is 0.846 bits per heavy atom. The summed E-state index contributed by atoms with van der Waals surface area (Å²) in [5.74, 6) is 0.590. The number of aryl methyl sites for hydroxylation is 1. The third-order valence-electron chi connectivity index (χ3n) is 8.54. The molecular weight excluding hydrogens is 659 g/mol. The molecule has 1 aliphatic rings. The van der Waals surface area contributed by atoms with Crippen LogP contribution in [-0.4, -0.2) is 59.3 Å². The number of aromatic nitrogens is 1. The normalized spacial score (nSPS) is 13.1. The average molecular weight is 697 g/mol. The minimum absolute atomic E-state index is 0.00808. The fraction of sp³-hybridized carbons (Fsp3) is 0.190. The highest BCUT2D eigenvalue weighted by Crippen LogP contribution is 2.26. The van der Waals surface area contributed by atoms with Crippen LogP contribution in [0.3, 0.4) is 0 Å². The molecule has 1 fully saturated rings. The van der Waals surface area contributed by atoms with E-state index in [9.17, 15) is 14.0 Å². The molecular formula is C42H37FN4O5. The van der Waals surface area contributed by atoms with E-state index in [0.29, 0.717) is 47.9 Å². The number of Topliss-reactive ketones (excluding diaryl/α,β-unsaturated/α-hetero) is 1. The number of amides is 1. The number of piperazine rings is 1. The van der Waals surface area contributed by atoms with Gasteiger partial charge in [-0.2, -0.15) is 5.26 Å². The molecule has 0 N–H and O–H groups in total. The lowest BCUT2D eigenvalue weighted by atomic mass is 10.1. The van der Waals surface area contributed by atoms with Crippen LogP contribution in [0.1, 0.15) is 38.2 Å². The predicted octanol–water partition coefficient (Wildman–Crippen LogP) is 7.39. The Labute approximate surface area is 302 Å². The number of ether oxygens (including phenoxy) is 3. The number of rotatable bonds is 13. The predicted molar refractivity (Wildman–Crippen MR) is 195 cm³/mol. The first-order chi connectivity index (χ1) is 25.3. The van der Waals surface area contributed by atoms with Gasteiger partial charge >= 0.3 is 0 Å². The summed E-state index contributed by atoms with van der Waals surface area (Å²) in [6.07, 6.45) is 4.55. The monoisotopic (exact) mass is 696 g/mol. The topological polar surface area (TPSA) is 105 Å². The Hall–Kier alpha value is -6.31. The number of hydrogen-bond acceptors (Lipinski definition) is 8. The van der Waals surface area contributed by atoms with Crippen molar-refractivity contribution >= 4 is 17.8 Å². The van der Waals surface area contributed by atoms with E-state index in [0.717, 1.165) is 36.3 Å². The molecule has 6 rings (SSSR count). The van der Waals surface area contributed by atoms with E-state index in [1.807, 2.05) is 67.6 Å². The van der Waals surface area contributed by atoms with Gasteiger partial charge in [-0.1, -0.05) is 60.2 Å². The molecule has 1 aliphatic heterocycles. The van der Waals surface area contributed by atoms with E-state index >= 15 is 0 Å². The standard InChI is InChI=1S/C42H37FN4O5/c1-30-2-12-35(13-3-30)39(48)29-51-36-14-8-33(9-15-36)27-46-20-22-47(23-21-46)42(49)19-11-31-10-17-40(38(43)24-31)52-41-18-16-37(26-45-41)50-28-34-6-4-32(25-44)5-7-34/h2-19,24,26H,20-23,27-29H2,1H3. The number of carbonyl (C=O) groups excluding carboxylic acids is 2. The summed E-state index contributed by atoms with van der Waals surface area (Å²) in [5.41, 5.74) is 4.87. The molecule has 9 nitrogen and oxygen atoms in total. The van der Waals surface area contributed by atoms with Crippen LogP contribution >= 0.6 is 0 Å². The summed E-state index contributed by atoms with van der Waals surface area (Å²) in [7, 11) is 0. The molecule has 52 heavy (non-hydrogen) atoms. The van der Waals surface area contributed by atoms with Crippen LogP contribution in [0.4, 0.5) is 4.39 Å². The largest absolute Gasteiger partial charge is 0.487 e. The molecule has 0 radical (unpaired) electrons. The van der Waals surface area contributed by atoms with Crippen molar-refractivity contribution in [1.82, 2.24) is 14.8 Å². The van der Waals surface area contributed by atoms with Crippen LogP contribution in [0.2, 0.25) is 0 Å². The second kappa shape index (κ2) is 17.1. The van der Waals surface area contributed by atoms with Crippen molar-refractivity contribution in [3.63, 3.8) is 0 Å². The zero-order valence-electron chi connectivity index (χ0n) is 28.7. The third kappa shape index (κ3) is 9.90. The average Bonchev–Trinajstić information content (AvgIpc) is 3.18. The second-order valence-electron chi connectivity index (χ2n) is 12.4. The van der Waals surface area contributed by atoms with Crippen LogP contribution in [0.25, 0.3) is 6.08 Å². The first-order valence-electron chi connectivity index (χ1n) is 16.9. The van der Waals surface area contributed by atoms with Crippen molar-refractivity contribution in [2.24, 2.45) is 0 Å². The number of ketones is 1. The lowest BCUT2D eigenvalue weighted by Gasteiger charge is -2.34. The first-order valence-corrected chi connectivity index (χ1v) is 16.9. The number of hydrogen-bond donors (Lipinski definition) is 0. The van der Waals surface area contributed by atoms with E-state index in [1.165, 1.54) is 24.4 Å². The Kier molecular flexibility index (Phi) is 11.7. The molecule has 1 amide bonds. The molecule has 4 aromatic carbocycles. The van der Waals surface area contributed by atoms with Crippen molar-refractivity contribution in [1.29, 1.82) is 5.26 Å². The summed E-state index contributed by atoms with van der Waals surface area (Å²) in [6.45, 7) is 5.62. The zero-order valence-corrected chi connectivity index (χ0v) is 28.7. The minimum atomic E-state index is -0.582. The van der Waals surface area contributed by atoms with E-state index < -0.39 is 5.82 Å². The highest BCUT2D eigenvalue weighted by atomic mass is 19.1. The SMILES string of the molecule is Cc1ccc(C(=O)COc2ccc(CN3CCN(C(=O)C=Cc4ccc(Oc5ccc(OCc6ccc(C#N)cc6)cn5)c(F)c4)CC3)cc2)cc1. The molecule has 5 aromatic rings. The van der Waals surface area contributed by atoms with Gasteiger partial charge in [-0.05, 0) is 72.2 Å². The first kappa shape index (κ1) is 35.5. The Morgan fingerprint density at radius 2 is 1.56 bits per heavy atom. The maximum absolute atomic E-state index is 14.9. The van der Waals surface area contributed by atoms with Crippen molar-refractivity contribution < 1.29 is 28.2 Å². The molecule has 2 heterocycles. The summed E-state index contributed by atoms with van der Waals surface area (Å²) >= 11 is 0. The zero-order chi connectivity index (χ0) is 36.3. The van der Waals surface area contributed by atoms with Crippen LogP contribution in [0.5, 0.6) is 23.1 Å². The molecule has 262 valence electrons. The van der Waals surface area contributed by atoms with E-state index in [4.69, 9.17) is 19.5 Å². The van der Waals surface area contributed by atoms with E-state index in [2.05, 4.69) is 16.0 Å². The number of nitrogens with zero attached hydrogens (tertiary/aromatic N) is 4. The fourth-order valence-electron chi connectivity index (χ4n) is 5.49. The number of halogens is 1. The maximum Gasteiger partial charge on any atom is 0.246 e. The van der Waals surface area contributed by atoms with Crippen molar-refractivity contribution in [3.05, 3.63) is 155 Å². The highest BCUT2D eigenvalue weighted by molar-refractivity contribution is 5.97. The lowest BCUT2D eigenvalue weighted by Crippen LogP contribution is -2.47. The molecule has 1 saturated heterocycles. The molecule has 0 atom stereocenters. The number of carbonyl (C=O) groups is 2. The molecule has 10 heteroatoms. The van der Waals surface area contributed by atoms with Gasteiger partial charge in [0.05, 0.1) is 17.8 Å². The van der Waals surface area contributed by atoms with Gasteiger partial charge in [-0.15, -0.1) is 0 Å². The van der Waals surface area contributed by atoms with Crippen molar-refractivity contribution in [3.8, 4) is 29.2 Å². The van der Waals surface area contributed by atoms with Gasteiger partial charge in [0.2, 0.25) is 11.8 Å². The summed E-state index contributed by atoms with van der Waals surface area (Å²) < 4.78 is 32.0. The number of benzene rings is 4. The van der Waals surface area contributed by atoms with Crippen LogP contribution in [-0.2, 0) is 17.9 Å². The highest BCUT2D eigenvalue weighted by Gasteiger charge is 2.20. The fourth-order valence-corrected chi connectivity index (χ4v) is 5.49. The van der Waals surface area contributed by atoms with Gasteiger partial charge in [-0.25, -0.2) is 9.37 Å². The third-order valence-corrected chi connectivity index (χ3v) is 8.54. The van der Waals surface area contributed by atoms with Crippen LogP contribution in [0, 0.1) is 24.1 Å². The van der Waals surface area contributed by atoms with Gasteiger partial charge in [0.15, 0.2) is 24.0 Å². The summed E-state index contributed by atoms with van der Waals surface area (Å²) in [6, 6.07) is 32.1. The van der Waals surface area contributed by atoms with E-state index in [1.54, 1.807) is 41.3 Å². The smallest absolute Gasteiger partial charge is 0.246 e. The molecule has 0 bridgehead atoms. The Bertz CT molecular complexity index is 2050. The lowest BCUT2D eigenvalue weighted by molar-refractivity contribution is -0.127. The maximum atomic E-state index is 14.9. The van der Waals surface area contributed by atoms with Gasteiger partial charge in [0.1, 0.15) is 18.1 Å². The van der Waals surface area contributed by atoms with E-state index in [-0.39, 0.29) is 29.9 Å². The van der Waals surface area contributed by atoms with Crippen molar-refractivity contribution in [2.45, 2.75) is 20.1 Å². The van der Waals surface area contributed by atoms with Gasteiger partial charge < -0.3 is 19.1 Å². The van der Waals surface area contributed by atoms with Crippen molar-refractivity contribution in [2.75, 3.05) is 32.8 Å². The Morgan fingerprint density at radius 3 is 2.23 bits per heavy atom. The quantitative estimate of drug-likeness (QED) is 0.0928. The second-order valence-corrected chi connectivity index (χ2v) is 12.4. The van der Waals surface area contributed by atoms with Gasteiger partial charge in [-0.3, -0.25) is 14.5 Å². The van der Waals surface area contributed by atoms with Crippen LogP contribution in [0.15, 0.2) is 115 Å². The molecule has 0 saturated carbocycles. The Balaban J connectivity index is 0.915. The molecule has 0 unspecified atom stereocenters. The minimum Gasteiger partial charge on any atom is -0.487 e. The summed E-state index contributed by atoms with van der Waals surface area (Å²) in [5, 5.41) is 8.92. The van der Waals surface area contributed by atoms with Gasteiger partial charge in [0, 0.05) is 50.4 Å². The number of nitriles is 1. The molecule has 0 spiro atoms. The molecule has 0 aliphatic carbocycles.